The van der Waals surface area contributed by atoms with Crippen LogP contribution in [0.4, 0.5) is 23.7 Å². The number of hydrogen-bond donors (Lipinski definition) is 1. The predicted octanol–water partition coefficient (Wildman–Crippen LogP) is 4.54. The Morgan fingerprint density at radius 1 is 1.19 bits per heavy atom. The van der Waals surface area contributed by atoms with Crippen LogP contribution in [-0.4, -0.2) is 28.4 Å². The molecule has 138 valence electrons. The van der Waals surface area contributed by atoms with Gasteiger partial charge in [-0.2, -0.15) is 18.2 Å². The standard InChI is InChI=1S/C17H16F3N3O2S/c18-17(19,20)10-5-7-11(8-6-10)21-14(24)9-26-15-12-3-1-2-4-13(12)22-16(25)23-15/h5-8,12H,1-4,9H2,(H,21,24). The number of carbonyl (C=O) groups excluding carboxylic acids is 2. The molecule has 1 heterocycles. The number of aliphatic imine (C=N–C) groups is 2. The number of fused-ring (bicyclic) bond motifs is 1. The Morgan fingerprint density at radius 3 is 2.62 bits per heavy atom. The largest absolute Gasteiger partial charge is 0.416 e. The highest BCUT2D eigenvalue weighted by Gasteiger charge is 2.31. The van der Waals surface area contributed by atoms with E-state index in [1.165, 1.54) is 23.9 Å². The summed E-state index contributed by atoms with van der Waals surface area (Å²) in [4.78, 5) is 31.5. The molecule has 0 radical (unpaired) electrons. The predicted molar refractivity (Wildman–Crippen MR) is 94.8 cm³/mol. The van der Waals surface area contributed by atoms with Crippen LogP contribution in [0, 0.1) is 5.92 Å². The highest BCUT2D eigenvalue weighted by atomic mass is 32.2. The van der Waals surface area contributed by atoms with Crippen LogP contribution in [-0.2, 0) is 11.0 Å². The molecule has 1 unspecified atom stereocenters. The minimum Gasteiger partial charge on any atom is -0.325 e. The van der Waals surface area contributed by atoms with Crippen LogP contribution in [0.5, 0.6) is 0 Å². The first kappa shape index (κ1) is 18.6. The van der Waals surface area contributed by atoms with Gasteiger partial charge in [-0.25, -0.2) is 9.79 Å². The Balaban J connectivity index is 1.56. The van der Waals surface area contributed by atoms with E-state index in [4.69, 9.17) is 0 Å². The van der Waals surface area contributed by atoms with Crippen molar-refractivity contribution in [3.05, 3.63) is 29.8 Å². The zero-order chi connectivity index (χ0) is 18.7. The molecule has 3 rings (SSSR count). The van der Waals surface area contributed by atoms with E-state index in [0.29, 0.717) is 5.04 Å². The van der Waals surface area contributed by atoms with Crippen LogP contribution in [0.3, 0.4) is 0 Å². The molecule has 1 atom stereocenters. The third kappa shape index (κ3) is 4.51. The first-order valence-corrected chi connectivity index (χ1v) is 9.11. The number of alkyl halides is 3. The van der Waals surface area contributed by atoms with Crippen molar-refractivity contribution in [1.82, 2.24) is 0 Å². The molecular weight excluding hydrogens is 367 g/mol. The van der Waals surface area contributed by atoms with Crippen molar-refractivity contribution in [2.45, 2.75) is 31.9 Å². The fourth-order valence-corrected chi connectivity index (χ4v) is 3.88. The maximum Gasteiger partial charge on any atom is 0.416 e. The van der Waals surface area contributed by atoms with E-state index in [0.717, 1.165) is 43.5 Å². The topological polar surface area (TPSA) is 70.9 Å². The molecule has 9 heteroatoms. The second kappa shape index (κ2) is 7.61. The zero-order valence-corrected chi connectivity index (χ0v) is 14.5. The van der Waals surface area contributed by atoms with E-state index in [9.17, 15) is 22.8 Å². The molecule has 1 aliphatic carbocycles. The number of rotatable bonds is 3. The first-order chi connectivity index (χ1) is 12.3. The molecule has 1 aromatic rings. The SMILES string of the molecule is O=C1N=C2CCCCC2C(SCC(=O)Nc2ccc(C(F)(F)F)cc2)=N1. The third-order valence-electron chi connectivity index (χ3n) is 4.17. The number of hydrogen-bond acceptors (Lipinski definition) is 3. The molecule has 1 aliphatic heterocycles. The maximum absolute atomic E-state index is 12.5. The Bertz CT molecular complexity index is 772. The van der Waals surface area contributed by atoms with Gasteiger partial charge in [0, 0.05) is 17.3 Å². The van der Waals surface area contributed by atoms with Crippen molar-refractivity contribution in [1.29, 1.82) is 0 Å². The smallest absolute Gasteiger partial charge is 0.325 e. The van der Waals surface area contributed by atoms with Gasteiger partial charge in [0.25, 0.3) is 0 Å². The number of halogens is 3. The lowest BCUT2D eigenvalue weighted by Gasteiger charge is -2.26. The molecule has 1 N–H and O–H groups in total. The number of nitrogens with zero attached hydrogens (tertiary/aromatic N) is 2. The van der Waals surface area contributed by atoms with Gasteiger partial charge < -0.3 is 5.32 Å². The van der Waals surface area contributed by atoms with Crippen molar-refractivity contribution >= 4 is 40.1 Å². The minimum absolute atomic E-state index is 0.00493. The van der Waals surface area contributed by atoms with Gasteiger partial charge in [0.15, 0.2) is 0 Å². The Hall–Kier alpha value is -2.16. The molecule has 0 aromatic heterocycles. The highest BCUT2D eigenvalue weighted by molar-refractivity contribution is 8.14. The van der Waals surface area contributed by atoms with Crippen molar-refractivity contribution in [2.24, 2.45) is 15.9 Å². The van der Waals surface area contributed by atoms with Crippen LogP contribution < -0.4 is 5.32 Å². The van der Waals surface area contributed by atoms with E-state index in [1.807, 2.05) is 0 Å². The summed E-state index contributed by atoms with van der Waals surface area (Å²) < 4.78 is 37.6. The molecule has 26 heavy (non-hydrogen) atoms. The van der Waals surface area contributed by atoms with Crippen LogP contribution in [0.1, 0.15) is 31.2 Å². The Morgan fingerprint density at radius 2 is 1.92 bits per heavy atom. The average molecular weight is 383 g/mol. The van der Waals surface area contributed by atoms with E-state index in [-0.39, 0.29) is 23.3 Å². The summed E-state index contributed by atoms with van der Waals surface area (Å²) in [5.41, 5.74) is 0.344. The fourth-order valence-electron chi connectivity index (χ4n) is 2.93. The summed E-state index contributed by atoms with van der Waals surface area (Å²) in [6.45, 7) is 0. The number of benzene rings is 1. The molecule has 0 bridgehead atoms. The summed E-state index contributed by atoms with van der Waals surface area (Å²) in [7, 11) is 0. The number of nitrogens with one attached hydrogen (secondary N) is 1. The van der Waals surface area contributed by atoms with Gasteiger partial charge >= 0.3 is 12.2 Å². The highest BCUT2D eigenvalue weighted by Crippen LogP contribution is 2.31. The van der Waals surface area contributed by atoms with Gasteiger partial charge in [0.05, 0.1) is 16.4 Å². The zero-order valence-electron chi connectivity index (χ0n) is 13.7. The van der Waals surface area contributed by atoms with Crippen LogP contribution >= 0.6 is 11.8 Å². The quantitative estimate of drug-likeness (QED) is 0.833. The lowest BCUT2D eigenvalue weighted by Crippen LogP contribution is -2.31. The van der Waals surface area contributed by atoms with Gasteiger partial charge in [-0.3, -0.25) is 4.79 Å². The third-order valence-corrected chi connectivity index (χ3v) is 5.25. The molecule has 1 saturated carbocycles. The van der Waals surface area contributed by atoms with Crippen molar-refractivity contribution < 1.29 is 22.8 Å². The molecule has 1 fully saturated rings. The maximum atomic E-state index is 12.5. The molecule has 0 spiro atoms. The Kier molecular flexibility index (Phi) is 5.45. The fraction of sp³-hybridized carbons (Fsp3) is 0.412. The van der Waals surface area contributed by atoms with Gasteiger partial charge in [-0.1, -0.05) is 18.2 Å². The van der Waals surface area contributed by atoms with E-state index < -0.39 is 17.8 Å². The molecular formula is C17H16F3N3O2S. The van der Waals surface area contributed by atoms with Gasteiger partial charge in [-0.05, 0) is 43.5 Å². The monoisotopic (exact) mass is 383 g/mol. The van der Waals surface area contributed by atoms with Gasteiger partial charge in [-0.15, -0.1) is 0 Å². The number of amides is 3. The molecule has 3 amide bonds. The normalized spacial score (nSPS) is 20.1. The van der Waals surface area contributed by atoms with Crippen LogP contribution in [0.25, 0.3) is 0 Å². The second-order valence-corrected chi connectivity index (χ2v) is 7.04. The summed E-state index contributed by atoms with van der Waals surface area (Å²) in [5.74, 6) is -0.341. The first-order valence-electron chi connectivity index (χ1n) is 8.13. The van der Waals surface area contributed by atoms with Crippen molar-refractivity contribution in [3.63, 3.8) is 0 Å². The number of urea groups is 1. The number of carbonyl (C=O) groups is 2. The van der Waals surface area contributed by atoms with Crippen molar-refractivity contribution in [3.8, 4) is 0 Å². The Labute approximate surface area is 152 Å². The van der Waals surface area contributed by atoms with Gasteiger partial charge in [0.1, 0.15) is 0 Å². The van der Waals surface area contributed by atoms with E-state index in [1.54, 1.807) is 0 Å². The van der Waals surface area contributed by atoms with E-state index in [2.05, 4.69) is 15.3 Å². The van der Waals surface area contributed by atoms with Crippen LogP contribution in [0.15, 0.2) is 34.3 Å². The lowest BCUT2D eigenvalue weighted by molar-refractivity contribution is -0.137. The average Bonchev–Trinajstić information content (AvgIpc) is 2.59. The minimum atomic E-state index is -4.41. The van der Waals surface area contributed by atoms with Gasteiger partial charge in [0.2, 0.25) is 5.91 Å². The lowest BCUT2D eigenvalue weighted by atomic mass is 9.87. The summed E-state index contributed by atoms with van der Waals surface area (Å²) in [6, 6.07) is 3.70. The second-order valence-electron chi connectivity index (χ2n) is 6.05. The summed E-state index contributed by atoms with van der Waals surface area (Å²) in [5, 5.41) is 3.15. The summed E-state index contributed by atoms with van der Waals surface area (Å²) >= 11 is 1.18. The number of anilines is 1. The molecule has 0 saturated heterocycles. The summed E-state index contributed by atoms with van der Waals surface area (Å²) in [6.07, 6.45) is -0.764. The number of thioether (sulfide) groups is 1. The molecule has 5 nitrogen and oxygen atoms in total. The van der Waals surface area contributed by atoms with E-state index >= 15 is 0 Å². The molecule has 1 aromatic carbocycles. The van der Waals surface area contributed by atoms with Crippen molar-refractivity contribution in [2.75, 3.05) is 11.1 Å². The van der Waals surface area contributed by atoms with Crippen LogP contribution in [0.2, 0.25) is 0 Å². The molecule has 2 aliphatic rings.